The van der Waals surface area contributed by atoms with Crippen LogP contribution >= 0.6 is 11.3 Å². The number of thiazole rings is 1. The van der Waals surface area contributed by atoms with Crippen LogP contribution < -0.4 is 5.32 Å². The first-order chi connectivity index (χ1) is 9.79. The highest BCUT2D eigenvalue weighted by Crippen LogP contribution is 2.38. The average Bonchev–Trinajstić information content (AvgIpc) is 2.89. The van der Waals surface area contributed by atoms with Gasteiger partial charge in [0.05, 0.1) is 5.69 Å². The topological polar surface area (TPSA) is 24.9 Å². The highest BCUT2D eigenvalue weighted by Gasteiger charge is 2.24. The molecule has 0 saturated carbocycles. The lowest BCUT2D eigenvalue weighted by Gasteiger charge is -2.22. The number of aromatic nitrogens is 1. The fourth-order valence-corrected chi connectivity index (χ4v) is 4.17. The van der Waals surface area contributed by atoms with Crippen molar-refractivity contribution in [3.63, 3.8) is 0 Å². The predicted molar refractivity (Wildman–Crippen MR) is 86.3 cm³/mol. The van der Waals surface area contributed by atoms with Gasteiger partial charge in [0.2, 0.25) is 0 Å². The summed E-state index contributed by atoms with van der Waals surface area (Å²) < 4.78 is 0. The van der Waals surface area contributed by atoms with Crippen LogP contribution in [0.25, 0.3) is 10.6 Å². The number of nitrogens with zero attached hydrogens (tertiary/aromatic N) is 1. The first-order valence-electron chi connectivity index (χ1n) is 7.58. The molecule has 106 valence electrons. The third-order valence-corrected chi connectivity index (χ3v) is 5.21. The highest BCUT2D eigenvalue weighted by atomic mass is 32.1. The van der Waals surface area contributed by atoms with Crippen LogP contribution in [0.3, 0.4) is 0 Å². The number of fused-ring (bicyclic) bond motifs is 1. The minimum atomic E-state index is 0.522. The number of hydrogen-bond donors (Lipinski definition) is 1. The molecule has 2 nitrogen and oxygen atoms in total. The van der Waals surface area contributed by atoms with Crippen molar-refractivity contribution in [1.82, 2.24) is 10.3 Å². The smallest absolute Gasteiger partial charge is 0.124 e. The normalized spacial score (nSPS) is 18.0. The maximum absolute atomic E-state index is 4.92. The van der Waals surface area contributed by atoms with Crippen molar-refractivity contribution in [2.24, 2.45) is 0 Å². The van der Waals surface area contributed by atoms with E-state index in [1.54, 1.807) is 0 Å². The van der Waals surface area contributed by atoms with Crippen LogP contribution in [0.4, 0.5) is 0 Å². The van der Waals surface area contributed by atoms with Crippen molar-refractivity contribution in [3.05, 3.63) is 40.4 Å². The highest BCUT2D eigenvalue weighted by molar-refractivity contribution is 7.15. The average molecular weight is 286 g/mol. The number of rotatable bonds is 4. The van der Waals surface area contributed by atoms with Gasteiger partial charge in [0.25, 0.3) is 0 Å². The van der Waals surface area contributed by atoms with Crippen molar-refractivity contribution in [2.75, 3.05) is 6.54 Å². The lowest BCUT2D eigenvalue weighted by Crippen LogP contribution is -2.24. The van der Waals surface area contributed by atoms with E-state index in [0.717, 1.165) is 13.0 Å². The molecule has 1 N–H and O–H groups in total. The predicted octanol–water partition coefficient (Wildman–Crippen LogP) is 4.50. The Kier molecular flexibility index (Phi) is 4.18. The summed E-state index contributed by atoms with van der Waals surface area (Å²) >= 11 is 1.89. The largest absolute Gasteiger partial charge is 0.309 e. The molecule has 0 fully saturated rings. The molecule has 1 aromatic heterocycles. The van der Waals surface area contributed by atoms with Crippen LogP contribution in [0.2, 0.25) is 0 Å². The van der Waals surface area contributed by atoms with Gasteiger partial charge in [-0.15, -0.1) is 11.3 Å². The van der Waals surface area contributed by atoms with E-state index < -0.39 is 0 Å². The van der Waals surface area contributed by atoms with Crippen LogP contribution in [-0.4, -0.2) is 11.5 Å². The first kappa shape index (κ1) is 13.8. The molecule has 2 aromatic rings. The zero-order valence-corrected chi connectivity index (χ0v) is 13.1. The molecule has 20 heavy (non-hydrogen) atoms. The number of aryl methyl sites for hydroxylation is 2. The van der Waals surface area contributed by atoms with E-state index in [9.17, 15) is 0 Å². The maximum atomic E-state index is 4.92. The molecule has 0 aliphatic heterocycles. The van der Waals surface area contributed by atoms with Crippen LogP contribution in [0.15, 0.2) is 24.3 Å². The molecule has 1 aliphatic carbocycles. The van der Waals surface area contributed by atoms with E-state index in [2.05, 4.69) is 43.4 Å². The second kappa shape index (κ2) is 6.06. The quantitative estimate of drug-likeness (QED) is 0.895. The van der Waals surface area contributed by atoms with Gasteiger partial charge < -0.3 is 5.32 Å². The van der Waals surface area contributed by atoms with Crippen molar-refractivity contribution in [3.8, 4) is 10.6 Å². The summed E-state index contributed by atoms with van der Waals surface area (Å²) in [7, 11) is 0. The van der Waals surface area contributed by atoms with Gasteiger partial charge in [-0.05, 0) is 44.7 Å². The fourth-order valence-electron chi connectivity index (χ4n) is 2.86. The molecule has 0 radical (unpaired) electrons. The Hall–Kier alpha value is -1.19. The summed E-state index contributed by atoms with van der Waals surface area (Å²) in [6.45, 7) is 5.49. The van der Waals surface area contributed by atoms with Crippen molar-refractivity contribution < 1.29 is 0 Å². The lowest BCUT2D eigenvalue weighted by atomic mass is 9.98. The minimum absolute atomic E-state index is 0.522. The second-order valence-electron chi connectivity index (χ2n) is 5.54. The van der Waals surface area contributed by atoms with Gasteiger partial charge in [-0.2, -0.15) is 0 Å². The van der Waals surface area contributed by atoms with E-state index in [1.165, 1.54) is 46.0 Å². The zero-order chi connectivity index (χ0) is 13.9. The third kappa shape index (κ3) is 2.65. The standard InChI is InChI=1S/C17H22N2S/c1-3-11-18-14-9-6-10-15-16(14)20-17(19-15)13-8-5-4-7-12(13)2/h4-5,7-8,14,18H,3,6,9-11H2,1-2H3. The van der Waals surface area contributed by atoms with E-state index in [0.29, 0.717) is 6.04 Å². The van der Waals surface area contributed by atoms with Gasteiger partial charge in [0.15, 0.2) is 0 Å². The molecule has 1 unspecified atom stereocenters. The maximum Gasteiger partial charge on any atom is 0.124 e. The Morgan fingerprint density at radius 1 is 1.35 bits per heavy atom. The molecule has 0 saturated heterocycles. The number of benzene rings is 1. The molecule has 0 spiro atoms. The van der Waals surface area contributed by atoms with Crippen LogP contribution in [-0.2, 0) is 6.42 Å². The molecule has 1 aromatic carbocycles. The number of hydrogen-bond acceptors (Lipinski definition) is 3. The van der Waals surface area contributed by atoms with Crippen molar-refractivity contribution in [2.45, 2.75) is 45.6 Å². The summed E-state index contributed by atoms with van der Waals surface area (Å²) in [6, 6.07) is 9.08. The van der Waals surface area contributed by atoms with Crippen LogP contribution in [0, 0.1) is 6.92 Å². The van der Waals surface area contributed by atoms with Gasteiger partial charge >= 0.3 is 0 Å². The molecule has 3 rings (SSSR count). The molecule has 1 heterocycles. The Morgan fingerprint density at radius 3 is 3.00 bits per heavy atom. The summed E-state index contributed by atoms with van der Waals surface area (Å²) in [5, 5.41) is 4.87. The third-order valence-electron chi connectivity index (χ3n) is 3.97. The van der Waals surface area contributed by atoms with Gasteiger partial charge in [-0.1, -0.05) is 31.2 Å². The van der Waals surface area contributed by atoms with E-state index in [-0.39, 0.29) is 0 Å². The molecular formula is C17H22N2S. The lowest BCUT2D eigenvalue weighted by molar-refractivity contribution is 0.465. The first-order valence-corrected chi connectivity index (χ1v) is 8.40. The summed E-state index contributed by atoms with van der Waals surface area (Å²) in [5.41, 5.74) is 3.94. The Bertz CT molecular complexity index is 588. The number of nitrogens with one attached hydrogen (secondary N) is 1. The Labute approximate surface area is 125 Å². The summed E-state index contributed by atoms with van der Waals surface area (Å²) in [5.74, 6) is 0. The van der Waals surface area contributed by atoms with Gasteiger partial charge in [0.1, 0.15) is 5.01 Å². The van der Waals surface area contributed by atoms with E-state index in [1.807, 2.05) is 11.3 Å². The molecular weight excluding hydrogens is 264 g/mol. The Morgan fingerprint density at radius 2 is 2.20 bits per heavy atom. The fraction of sp³-hybridized carbons (Fsp3) is 0.471. The second-order valence-corrected chi connectivity index (χ2v) is 6.57. The zero-order valence-electron chi connectivity index (χ0n) is 12.3. The van der Waals surface area contributed by atoms with E-state index >= 15 is 0 Å². The summed E-state index contributed by atoms with van der Waals surface area (Å²) in [6.07, 6.45) is 4.84. The van der Waals surface area contributed by atoms with Gasteiger partial charge in [-0.3, -0.25) is 0 Å². The molecule has 0 amide bonds. The molecule has 1 aliphatic rings. The summed E-state index contributed by atoms with van der Waals surface area (Å²) in [4.78, 5) is 6.39. The minimum Gasteiger partial charge on any atom is -0.309 e. The van der Waals surface area contributed by atoms with E-state index in [4.69, 9.17) is 4.98 Å². The molecule has 3 heteroatoms. The Balaban J connectivity index is 1.93. The monoisotopic (exact) mass is 286 g/mol. The molecule has 0 bridgehead atoms. The van der Waals surface area contributed by atoms with Crippen LogP contribution in [0.5, 0.6) is 0 Å². The van der Waals surface area contributed by atoms with Crippen molar-refractivity contribution in [1.29, 1.82) is 0 Å². The van der Waals surface area contributed by atoms with Crippen molar-refractivity contribution >= 4 is 11.3 Å². The van der Waals surface area contributed by atoms with Gasteiger partial charge in [-0.25, -0.2) is 4.98 Å². The van der Waals surface area contributed by atoms with Gasteiger partial charge in [0, 0.05) is 16.5 Å². The van der Waals surface area contributed by atoms with Crippen LogP contribution in [0.1, 0.15) is 48.4 Å². The SMILES string of the molecule is CCCNC1CCCc2nc(-c3ccccc3C)sc21. The molecule has 1 atom stereocenters.